The van der Waals surface area contributed by atoms with Gasteiger partial charge in [-0.1, -0.05) is 34.6 Å². The Bertz CT molecular complexity index is 954. The first-order valence-electron chi connectivity index (χ1n) is 11.4. The minimum absolute atomic E-state index is 0.0432. The van der Waals surface area contributed by atoms with Crippen molar-refractivity contribution in [2.75, 3.05) is 26.2 Å². The predicted octanol–water partition coefficient (Wildman–Crippen LogP) is 0.596. The highest BCUT2D eigenvalue weighted by Gasteiger charge is 2.70. The summed E-state index contributed by atoms with van der Waals surface area (Å²) in [4.78, 5) is 52.8. The third-order valence-electron chi connectivity index (χ3n) is 7.23. The summed E-state index contributed by atoms with van der Waals surface area (Å²) in [6, 6.07) is -1.98. The van der Waals surface area contributed by atoms with E-state index in [9.17, 15) is 37.6 Å². The van der Waals surface area contributed by atoms with Gasteiger partial charge in [0.25, 0.3) is 0 Å². The number of hydrogen-bond acceptors (Lipinski definition) is 5. The number of amides is 5. The second-order valence-electron chi connectivity index (χ2n) is 11.0. The van der Waals surface area contributed by atoms with Crippen molar-refractivity contribution in [1.29, 1.82) is 5.26 Å². The number of likely N-dealkylation sites (tertiary alicyclic amines) is 1. The largest absolute Gasteiger partial charge is 0.471 e. The second kappa shape index (κ2) is 8.87. The van der Waals surface area contributed by atoms with Crippen molar-refractivity contribution in [2.45, 2.75) is 58.9 Å². The number of nitrogens with zero attached hydrogens (tertiary/aromatic N) is 3. The molecule has 1 saturated carbocycles. The van der Waals surface area contributed by atoms with Gasteiger partial charge in [0.1, 0.15) is 18.1 Å². The number of alkyl halides is 3. The number of fused-ring (bicyclic) bond motifs is 1. The number of nitriles is 1. The van der Waals surface area contributed by atoms with Crippen LogP contribution >= 0.6 is 0 Å². The molecule has 2 saturated heterocycles. The molecule has 0 radical (unpaired) electrons. The van der Waals surface area contributed by atoms with Crippen LogP contribution in [0.1, 0.15) is 34.6 Å². The van der Waals surface area contributed by atoms with Gasteiger partial charge in [-0.2, -0.15) is 18.4 Å². The third kappa shape index (κ3) is 5.16. The molecule has 0 aromatic heterocycles. The van der Waals surface area contributed by atoms with Crippen molar-refractivity contribution in [1.82, 2.24) is 25.8 Å². The number of urea groups is 1. The number of rotatable bonds is 6. The molecule has 0 bridgehead atoms. The van der Waals surface area contributed by atoms with Crippen molar-refractivity contribution in [2.24, 2.45) is 22.7 Å². The lowest BCUT2D eigenvalue weighted by Gasteiger charge is -2.37. The third-order valence-corrected chi connectivity index (χ3v) is 7.23. The summed E-state index contributed by atoms with van der Waals surface area (Å²) in [7, 11) is 0. The van der Waals surface area contributed by atoms with Crippen molar-refractivity contribution in [3.8, 4) is 6.07 Å². The lowest BCUT2D eigenvalue weighted by molar-refractivity contribution is -0.176. The van der Waals surface area contributed by atoms with E-state index in [2.05, 4.69) is 10.6 Å². The Labute approximate surface area is 201 Å². The Kier molecular flexibility index (Phi) is 6.73. The summed E-state index contributed by atoms with van der Waals surface area (Å²) >= 11 is 0. The van der Waals surface area contributed by atoms with Gasteiger partial charge in [-0.25, -0.2) is 4.79 Å². The molecule has 5 amide bonds. The van der Waals surface area contributed by atoms with Gasteiger partial charge in [0.05, 0.1) is 12.6 Å². The fraction of sp³-hybridized carbons (Fsp3) is 0.773. The van der Waals surface area contributed by atoms with E-state index in [1.165, 1.54) is 30.6 Å². The van der Waals surface area contributed by atoms with Crippen LogP contribution in [0.15, 0.2) is 0 Å². The van der Waals surface area contributed by atoms with Crippen molar-refractivity contribution in [3.63, 3.8) is 0 Å². The van der Waals surface area contributed by atoms with Gasteiger partial charge in [-0.15, -0.1) is 0 Å². The molecule has 3 rings (SSSR count). The molecule has 0 spiro atoms. The molecule has 13 heteroatoms. The highest BCUT2D eigenvalue weighted by molar-refractivity contribution is 5.95. The van der Waals surface area contributed by atoms with E-state index in [4.69, 9.17) is 0 Å². The number of carbonyl (C=O) groups is 4. The van der Waals surface area contributed by atoms with Gasteiger partial charge >= 0.3 is 18.1 Å². The number of hydrogen-bond donors (Lipinski definition) is 3. The summed E-state index contributed by atoms with van der Waals surface area (Å²) < 4.78 is 38.8. The fourth-order valence-corrected chi connectivity index (χ4v) is 5.12. The molecule has 1 aliphatic carbocycles. The zero-order valence-electron chi connectivity index (χ0n) is 20.3. The van der Waals surface area contributed by atoms with Gasteiger partial charge in [-0.05, 0) is 22.7 Å². The van der Waals surface area contributed by atoms with Crippen molar-refractivity contribution < 1.29 is 32.3 Å². The highest BCUT2D eigenvalue weighted by Crippen LogP contribution is 2.65. The number of carbonyl (C=O) groups excluding carboxylic acids is 4. The van der Waals surface area contributed by atoms with E-state index in [1.54, 1.807) is 5.32 Å². The Morgan fingerprint density at radius 2 is 1.86 bits per heavy atom. The van der Waals surface area contributed by atoms with Gasteiger partial charge in [0.15, 0.2) is 0 Å². The van der Waals surface area contributed by atoms with E-state index in [0.29, 0.717) is 13.1 Å². The summed E-state index contributed by atoms with van der Waals surface area (Å²) in [6.07, 6.45) is -5.17. The van der Waals surface area contributed by atoms with Gasteiger partial charge in [0.2, 0.25) is 11.8 Å². The SMILES string of the molecule is CC(C)(C)[C@H](NC(=O)C(F)(F)F)C(=O)N1C[C@H]2[C@@H]([C@H]1C(=O)N[C@H](C#N)CN1CCNC1=O)C2(C)C. The van der Waals surface area contributed by atoms with Gasteiger partial charge < -0.3 is 25.8 Å². The molecular formula is C22H31F3N6O4. The number of nitrogens with one attached hydrogen (secondary N) is 3. The van der Waals surface area contributed by atoms with Gasteiger partial charge in [0, 0.05) is 19.6 Å². The van der Waals surface area contributed by atoms with Gasteiger partial charge in [-0.3, -0.25) is 14.4 Å². The van der Waals surface area contributed by atoms with Crippen LogP contribution in [0, 0.1) is 34.0 Å². The number of halogens is 3. The minimum atomic E-state index is -5.17. The molecule has 5 atom stereocenters. The Morgan fingerprint density at radius 1 is 1.23 bits per heavy atom. The molecule has 0 aromatic carbocycles. The molecule has 2 aliphatic heterocycles. The first-order chi connectivity index (χ1) is 16.0. The lowest BCUT2D eigenvalue weighted by Crippen LogP contribution is -2.61. The van der Waals surface area contributed by atoms with Crippen LogP contribution in [-0.2, 0) is 14.4 Å². The fourth-order valence-electron chi connectivity index (χ4n) is 5.12. The average Bonchev–Trinajstić information content (AvgIpc) is 3.10. The van der Waals surface area contributed by atoms with Crippen LogP contribution < -0.4 is 16.0 Å². The van der Waals surface area contributed by atoms with E-state index >= 15 is 0 Å². The molecule has 0 unspecified atom stereocenters. The highest BCUT2D eigenvalue weighted by atomic mass is 19.4. The summed E-state index contributed by atoms with van der Waals surface area (Å²) in [5, 5.41) is 16.5. The summed E-state index contributed by atoms with van der Waals surface area (Å²) in [6.45, 7) is 9.35. The molecule has 3 aliphatic rings. The first-order valence-corrected chi connectivity index (χ1v) is 11.4. The molecule has 3 fully saturated rings. The van der Waals surface area contributed by atoms with Crippen molar-refractivity contribution >= 4 is 23.8 Å². The lowest BCUT2D eigenvalue weighted by atomic mass is 9.85. The summed E-state index contributed by atoms with van der Waals surface area (Å²) in [5.41, 5.74) is -1.35. The molecule has 3 N–H and O–H groups in total. The van der Waals surface area contributed by atoms with E-state index < -0.39 is 47.4 Å². The normalized spacial score (nSPS) is 26.8. The van der Waals surface area contributed by atoms with E-state index in [1.807, 2.05) is 19.9 Å². The Balaban J connectivity index is 1.81. The van der Waals surface area contributed by atoms with Crippen LogP contribution in [0.4, 0.5) is 18.0 Å². The minimum Gasteiger partial charge on any atom is -0.337 e. The van der Waals surface area contributed by atoms with Crippen LogP contribution in [0.5, 0.6) is 0 Å². The standard InChI is InChI=1S/C22H31F3N6O4/c1-20(2,3)15(29-18(34)22(23,24)25)17(33)31-10-12-13(21(12,4)5)14(31)16(32)28-11(8-26)9-30-7-6-27-19(30)35/h11-15H,6-7,9-10H2,1-5H3,(H,27,35)(H,28,32)(H,29,34)/t11-,12+,13+,14+,15-/m1/s1. The molecule has 2 heterocycles. The Morgan fingerprint density at radius 3 is 2.34 bits per heavy atom. The topological polar surface area (TPSA) is 135 Å². The smallest absolute Gasteiger partial charge is 0.337 e. The zero-order valence-corrected chi connectivity index (χ0v) is 20.3. The van der Waals surface area contributed by atoms with Crippen LogP contribution in [0.25, 0.3) is 0 Å². The summed E-state index contributed by atoms with van der Waals surface area (Å²) in [5.74, 6) is -3.93. The first kappa shape index (κ1) is 26.6. The van der Waals surface area contributed by atoms with E-state index in [0.717, 1.165) is 0 Å². The maximum absolute atomic E-state index is 13.5. The molecule has 10 nitrogen and oxygen atoms in total. The van der Waals surface area contributed by atoms with E-state index in [-0.39, 0.29) is 36.4 Å². The maximum Gasteiger partial charge on any atom is 0.471 e. The molecular weight excluding hydrogens is 469 g/mol. The molecule has 194 valence electrons. The van der Waals surface area contributed by atoms with Crippen molar-refractivity contribution in [3.05, 3.63) is 0 Å². The molecule has 0 aromatic rings. The second-order valence-corrected chi connectivity index (χ2v) is 11.0. The molecule has 35 heavy (non-hydrogen) atoms. The quantitative estimate of drug-likeness (QED) is 0.491. The maximum atomic E-state index is 13.5. The van der Waals surface area contributed by atoms with Crippen LogP contribution in [-0.4, -0.2) is 84.0 Å². The average molecular weight is 501 g/mol. The predicted molar refractivity (Wildman–Crippen MR) is 116 cm³/mol. The van der Waals surface area contributed by atoms with Crippen LogP contribution in [0.2, 0.25) is 0 Å². The number of piperidine rings is 1. The van der Waals surface area contributed by atoms with Crippen LogP contribution in [0.3, 0.4) is 0 Å². The Hall–Kier alpha value is -3.04. The zero-order chi connectivity index (χ0) is 26.5. The monoisotopic (exact) mass is 500 g/mol.